The van der Waals surface area contributed by atoms with Crippen molar-refractivity contribution in [3.63, 3.8) is 0 Å². The minimum absolute atomic E-state index is 0.618. The molecule has 0 aliphatic heterocycles. The molecule has 96 valence electrons. The molecule has 0 saturated heterocycles. The lowest BCUT2D eigenvalue weighted by Crippen LogP contribution is -2.01. The molecular formula is C14H11Cl2N3. The lowest BCUT2D eigenvalue weighted by atomic mass is 10.2. The number of hydrogen-bond donors (Lipinski definition) is 2. The largest absolute Gasteiger partial charge is 0.352 e. The molecule has 0 aliphatic rings. The molecule has 0 atom stereocenters. The topological polar surface area (TPSA) is 40.7 Å². The summed E-state index contributed by atoms with van der Waals surface area (Å²) in [5, 5.41) is 4.65. The maximum atomic E-state index is 6.10. The first-order chi connectivity index (χ1) is 9.22. The van der Waals surface area contributed by atoms with Crippen molar-refractivity contribution in [3.8, 4) is 0 Å². The molecule has 0 amide bonds. The fraction of sp³-hybridized carbons (Fsp3) is 0.0714. The van der Waals surface area contributed by atoms with Gasteiger partial charge >= 0.3 is 0 Å². The van der Waals surface area contributed by atoms with Gasteiger partial charge in [-0.2, -0.15) is 0 Å². The Morgan fingerprint density at radius 2 is 1.95 bits per heavy atom. The van der Waals surface area contributed by atoms with Gasteiger partial charge < -0.3 is 10.3 Å². The van der Waals surface area contributed by atoms with Gasteiger partial charge in [0.05, 0.1) is 11.0 Å². The summed E-state index contributed by atoms with van der Waals surface area (Å²) < 4.78 is 0. The molecule has 0 saturated carbocycles. The molecular weight excluding hydrogens is 281 g/mol. The first-order valence-corrected chi connectivity index (χ1v) is 6.60. The average molecular weight is 292 g/mol. The maximum absolute atomic E-state index is 6.10. The van der Waals surface area contributed by atoms with Crippen LogP contribution in [0.25, 0.3) is 11.0 Å². The summed E-state index contributed by atoms with van der Waals surface area (Å²) in [6, 6.07) is 13.3. The number of rotatable bonds is 3. The maximum Gasteiger partial charge on any atom is 0.201 e. The summed E-state index contributed by atoms with van der Waals surface area (Å²) in [6.07, 6.45) is 0. The fourth-order valence-electron chi connectivity index (χ4n) is 1.89. The van der Waals surface area contributed by atoms with Gasteiger partial charge in [-0.25, -0.2) is 4.98 Å². The molecule has 0 unspecified atom stereocenters. The van der Waals surface area contributed by atoms with Crippen LogP contribution in [0.3, 0.4) is 0 Å². The highest BCUT2D eigenvalue weighted by atomic mass is 35.5. The number of anilines is 1. The summed E-state index contributed by atoms with van der Waals surface area (Å²) in [5.41, 5.74) is 2.82. The molecule has 1 aromatic heterocycles. The molecule has 19 heavy (non-hydrogen) atoms. The first-order valence-electron chi connectivity index (χ1n) is 5.85. The van der Waals surface area contributed by atoms with E-state index in [0.29, 0.717) is 17.5 Å². The molecule has 5 heteroatoms. The molecule has 2 aromatic carbocycles. The number of H-pyrrole nitrogens is 1. The Morgan fingerprint density at radius 3 is 2.79 bits per heavy atom. The molecule has 3 rings (SSSR count). The third kappa shape index (κ3) is 2.67. The van der Waals surface area contributed by atoms with Crippen LogP contribution in [0.1, 0.15) is 5.56 Å². The first kappa shape index (κ1) is 12.3. The van der Waals surface area contributed by atoms with Crippen LogP contribution in [-0.4, -0.2) is 9.97 Å². The Kier molecular flexibility index (Phi) is 3.32. The summed E-state index contributed by atoms with van der Waals surface area (Å²) in [7, 11) is 0. The smallest absolute Gasteiger partial charge is 0.201 e. The molecule has 3 nitrogen and oxygen atoms in total. The predicted molar refractivity (Wildman–Crippen MR) is 79.9 cm³/mol. The second-order valence-electron chi connectivity index (χ2n) is 4.19. The third-order valence-corrected chi connectivity index (χ3v) is 3.45. The number of halogens is 2. The van der Waals surface area contributed by atoms with E-state index in [2.05, 4.69) is 15.3 Å². The second kappa shape index (κ2) is 5.11. The summed E-state index contributed by atoms with van der Waals surface area (Å²) in [5.74, 6) is 0.706. The molecule has 0 bridgehead atoms. The van der Waals surface area contributed by atoms with E-state index in [9.17, 15) is 0 Å². The lowest BCUT2D eigenvalue weighted by molar-refractivity contribution is 1.10. The van der Waals surface area contributed by atoms with E-state index in [1.165, 1.54) is 0 Å². The van der Waals surface area contributed by atoms with Crippen LogP contribution in [0, 0.1) is 0 Å². The van der Waals surface area contributed by atoms with Crippen molar-refractivity contribution in [2.45, 2.75) is 6.54 Å². The van der Waals surface area contributed by atoms with Gasteiger partial charge in [-0.1, -0.05) is 41.4 Å². The van der Waals surface area contributed by atoms with Gasteiger partial charge in [-0.15, -0.1) is 0 Å². The highest BCUT2D eigenvalue weighted by Crippen LogP contribution is 2.20. The zero-order chi connectivity index (χ0) is 13.2. The van der Waals surface area contributed by atoms with Crippen LogP contribution in [0.4, 0.5) is 5.95 Å². The van der Waals surface area contributed by atoms with E-state index < -0.39 is 0 Å². The van der Waals surface area contributed by atoms with Crippen molar-refractivity contribution >= 4 is 40.2 Å². The molecule has 0 fully saturated rings. The molecule has 1 heterocycles. The summed E-state index contributed by atoms with van der Waals surface area (Å²) in [6.45, 7) is 0.618. The number of nitrogens with one attached hydrogen (secondary N) is 2. The SMILES string of the molecule is Clc1ccc2nc(NCc3ccccc3Cl)[nH]c2c1. The number of nitrogens with zero attached hydrogens (tertiary/aromatic N) is 1. The van der Waals surface area contributed by atoms with Gasteiger partial charge in [-0.05, 0) is 29.8 Å². The van der Waals surface area contributed by atoms with Crippen LogP contribution in [-0.2, 0) is 6.54 Å². The monoisotopic (exact) mass is 291 g/mol. The van der Waals surface area contributed by atoms with Crippen LogP contribution < -0.4 is 5.32 Å². The van der Waals surface area contributed by atoms with E-state index in [1.807, 2.05) is 42.5 Å². The zero-order valence-electron chi connectivity index (χ0n) is 9.95. The Labute approximate surface area is 120 Å². The van der Waals surface area contributed by atoms with E-state index >= 15 is 0 Å². The predicted octanol–water partition coefficient (Wildman–Crippen LogP) is 4.48. The average Bonchev–Trinajstić information content (AvgIpc) is 2.79. The summed E-state index contributed by atoms with van der Waals surface area (Å²) >= 11 is 12.0. The highest BCUT2D eigenvalue weighted by molar-refractivity contribution is 6.31. The van der Waals surface area contributed by atoms with Crippen LogP contribution in [0.15, 0.2) is 42.5 Å². The lowest BCUT2D eigenvalue weighted by Gasteiger charge is -2.04. The zero-order valence-corrected chi connectivity index (χ0v) is 11.5. The number of hydrogen-bond acceptors (Lipinski definition) is 2. The molecule has 0 spiro atoms. The van der Waals surface area contributed by atoms with E-state index in [-0.39, 0.29) is 0 Å². The Morgan fingerprint density at radius 1 is 1.11 bits per heavy atom. The van der Waals surface area contributed by atoms with Crippen molar-refractivity contribution < 1.29 is 0 Å². The van der Waals surface area contributed by atoms with Crippen molar-refractivity contribution in [2.24, 2.45) is 0 Å². The van der Waals surface area contributed by atoms with E-state index in [1.54, 1.807) is 0 Å². The van der Waals surface area contributed by atoms with Gasteiger partial charge in [0, 0.05) is 16.6 Å². The normalized spacial score (nSPS) is 10.8. The minimum atomic E-state index is 0.618. The van der Waals surface area contributed by atoms with Crippen molar-refractivity contribution in [1.82, 2.24) is 9.97 Å². The van der Waals surface area contributed by atoms with E-state index in [0.717, 1.165) is 21.6 Å². The Hall–Kier alpha value is -1.71. The minimum Gasteiger partial charge on any atom is -0.352 e. The van der Waals surface area contributed by atoms with Gasteiger partial charge in [0.25, 0.3) is 0 Å². The number of benzene rings is 2. The van der Waals surface area contributed by atoms with Crippen LogP contribution in [0.5, 0.6) is 0 Å². The van der Waals surface area contributed by atoms with Crippen molar-refractivity contribution in [1.29, 1.82) is 0 Å². The Bertz CT molecular complexity index is 722. The highest BCUT2D eigenvalue weighted by Gasteiger charge is 2.04. The van der Waals surface area contributed by atoms with E-state index in [4.69, 9.17) is 23.2 Å². The molecule has 0 aliphatic carbocycles. The van der Waals surface area contributed by atoms with Crippen LogP contribution >= 0.6 is 23.2 Å². The fourth-order valence-corrected chi connectivity index (χ4v) is 2.26. The van der Waals surface area contributed by atoms with Gasteiger partial charge in [-0.3, -0.25) is 0 Å². The quantitative estimate of drug-likeness (QED) is 0.747. The second-order valence-corrected chi connectivity index (χ2v) is 5.04. The van der Waals surface area contributed by atoms with Crippen molar-refractivity contribution in [3.05, 3.63) is 58.1 Å². The number of aromatic nitrogens is 2. The standard InChI is InChI=1S/C14H11Cl2N3/c15-10-5-6-12-13(7-10)19-14(18-12)17-8-9-3-1-2-4-11(9)16/h1-7H,8H2,(H2,17,18,19). The molecule has 3 aromatic rings. The third-order valence-electron chi connectivity index (χ3n) is 2.85. The molecule has 2 N–H and O–H groups in total. The van der Waals surface area contributed by atoms with Crippen LogP contribution in [0.2, 0.25) is 10.0 Å². The number of fused-ring (bicyclic) bond motifs is 1. The number of aromatic amines is 1. The van der Waals surface area contributed by atoms with Gasteiger partial charge in [0.2, 0.25) is 5.95 Å². The number of imidazole rings is 1. The Balaban J connectivity index is 1.80. The van der Waals surface area contributed by atoms with Gasteiger partial charge in [0.1, 0.15) is 0 Å². The van der Waals surface area contributed by atoms with Gasteiger partial charge in [0.15, 0.2) is 0 Å². The molecule has 0 radical (unpaired) electrons. The van der Waals surface area contributed by atoms with Crippen molar-refractivity contribution in [2.75, 3.05) is 5.32 Å². The summed E-state index contributed by atoms with van der Waals surface area (Å²) in [4.78, 5) is 7.61.